The van der Waals surface area contributed by atoms with Gasteiger partial charge in [0.2, 0.25) is 0 Å². The number of nitriles is 1. The quantitative estimate of drug-likeness (QED) is 0.408. The van der Waals surface area contributed by atoms with Gasteiger partial charge in [-0.3, -0.25) is 4.79 Å². The molecule has 1 unspecified atom stereocenters. The van der Waals surface area contributed by atoms with Crippen LogP contribution in [0.2, 0.25) is 0 Å². The lowest BCUT2D eigenvalue weighted by molar-refractivity contribution is -0.117. The maximum Gasteiger partial charge on any atom is 0.263 e. The average Bonchev–Trinajstić information content (AvgIpc) is 2.56. The van der Waals surface area contributed by atoms with Gasteiger partial charge in [0.05, 0.1) is 12.6 Å². The van der Waals surface area contributed by atoms with Gasteiger partial charge in [0, 0.05) is 18.3 Å². The molecular formula is C20H29N3O2. The van der Waals surface area contributed by atoms with E-state index in [1.807, 2.05) is 45.0 Å². The normalized spacial score (nSPS) is 12.4. The van der Waals surface area contributed by atoms with Crippen molar-refractivity contribution in [3.8, 4) is 11.8 Å². The first-order chi connectivity index (χ1) is 11.9. The number of carbonyl (C=O) groups excluding carboxylic acids is 1. The number of ether oxygens (including phenoxy) is 1. The van der Waals surface area contributed by atoms with Crippen molar-refractivity contribution < 1.29 is 9.53 Å². The highest BCUT2D eigenvalue weighted by atomic mass is 16.5. The predicted molar refractivity (Wildman–Crippen MR) is 100 cm³/mol. The third-order valence-corrected chi connectivity index (χ3v) is 3.76. The summed E-state index contributed by atoms with van der Waals surface area (Å²) >= 11 is 0. The molecule has 0 fully saturated rings. The van der Waals surface area contributed by atoms with Crippen LogP contribution in [0.1, 0.15) is 51.3 Å². The molecule has 1 rings (SSSR count). The van der Waals surface area contributed by atoms with Crippen LogP contribution in [0.15, 0.2) is 30.0 Å². The zero-order valence-electron chi connectivity index (χ0n) is 15.8. The Balaban J connectivity index is 2.79. The molecule has 0 spiro atoms. The van der Waals surface area contributed by atoms with E-state index in [1.165, 1.54) is 6.20 Å². The highest BCUT2D eigenvalue weighted by molar-refractivity contribution is 5.97. The summed E-state index contributed by atoms with van der Waals surface area (Å²) in [7, 11) is 0. The molecule has 25 heavy (non-hydrogen) atoms. The van der Waals surface area contributed by atoms with Gasteiger partial charge in [-0.1, -0.05) is 31.5 Å². The fraction of sp³-hybridized carbons (Fsp3) is 0.500. The third kappa shape index (κ3) is 6.88. The number of carbonyl (C=O) groups is 1. The number of nitrogens with zero attached hydrogens (tertiary/aromatic N) is 1. The molecule has 0 aliphatic heterocycles. The lowest BCUT2D eigenvalue weighted by Crippen LogP contribution is -2.29. The Morgan fingerprint density at radius 3 is 2.68 bits per heavy atom. The molecule has 0 radical (unpaired) electrons. The maximum absolute atomic E-state index is 12.4. The number of benzene rings is 1. The number of hydrogen-bond acceptors (Lipinski definition) is 4. The van der Waals surface area contributed by atoms with Crippen molar-refractivity contribution in [2.75, 3.05) is 13.2 Å². The minimum absolute atomic E-state index is 0.0706. The lowest BCUT2D eigenvalue weighted by atomic mass is 10.0. The van der Waals surface area contributed by atoms with Crippen LogP contribution < -0.4 is 15.4 Å². The zero-order valence-corrected chi connectivity index (χ0v) is 15.8. The minimum Gasteiger partial charge on any atom is -0.494 e. The van der Waals surface area contributed by atoms with Gasteiger partial charge in [0.25, 0.3) is 5.91 Å². The van der Waals surface area contributed by atoms with Gasteiger partial charge in [-0.25, -0.2) is 0 Å². The molecular weight excluding hydrogens is 314 g/mol. The van der Waals surface area contributed by atoms with Crippen molar-refractivity contribution >= 4 is 5.91 Å². The van der Waals surface area contributed by atoms with Gasteiger partial charge < -0.3 is 15.4 Å². The van der Waals surface area contributed by atoms with Crippen molar-refractivity contribution in [1.29, 1.82) is 5.26 Å². The number of rotatable bonds is 9. The van der Waals surface area contributed by atoms with Crippen molar-refractivity contribution in [3.63, 3.8) is 0 Å². The van der Waals surface area contributed by atoms with Crippen molar-refractivity contribution in [1.82, 2.24) is 10.6 Å². The Morgan fingerprint density at radius 1 is 1.36 bits per heavy atom. The summed E-state index contributed by atoms with van der Waals surface area (Å²) in [6.45, 7) is 11.3. The van der Waals surface area contributed by atoms with Crippen molar-refractivity contribution in [3.05, 3.63) is 41.1 Å². The van der Waals surface area contributed by atoms with Gasteiger partial charge in [0.1, 0.15) is 17.4 Å². The average molecular weight is 343 g/mol. The molecule has 1 amide bonds. The van der Waals surface area contributed by atoms with Gasteiger partial charge in [-0.15, -0.1) is 0 Å². The fourth-order valence-electron chi connectivity index (χ4n) is 2.34. The molecule has 1 aromatic rings. The number of amides is 1. The minimum atomic E-state index is -0.393. The van der Waals surface area contributed by atoms with E-state index in [0.717, 1.165) is 29.8 Å². The van der Waals surface area contributed by atoms with Crippen LogP contribution in [-0.2, 0) is 4.79 Å². The molecule has 0 aromatic heterocycles. The van der Waals surface area contributed by atoms with E-state index in [-0.39, 0.29) is 11.6 Å². The summed E-state index contributed by atoms with van der Waals surface area (Å²) in [5, 5.41) is 15.1. The molecule has 0 bridgehead atoms. The molecule has 0 aliphatic rings. The van der Waals surface area contributed by atoms with Crippen molar-refractivity contribution in [2.45, 2.75) is 47.1 Å². The fourth-order valence-corrected chi connectivity index (χ4v) is 2.34. The van der Waals surface area contributed by atoms with E-state index in [4.69, 9.17) is 4.74 Å². The Kier molecular flexibility index (Phi) is 8.55. The van der Waals surface area contributed by atoms with Crippen LogP contribution >= 0.6 is 0 Å². The number of hydrogen-bond donors (Lipinski definition) is 2. The maximum atomic E-state index is 12.4. The van der Waals surface area contributed by atoms with E-state index < -0.39 is 5.91 Å². The molecule has 2 N–H and O–H groups in total. The first-order valence-electron chi connectivity index (χ1n) is 8.76. The summed E-state index contributed by atoms with van der Waals surface area (Å²) in [5.74, 6) is 0.924. The molecule has 1 aromatic carbocycles. The monoisotopic (exact) mass is 343 g/mol. The van der Waals surface area contributed by atoms with Gasteiger partial charge in [-0.05, 0) is 39.2 Å². The Labute approximate surface area is 151 Å². The highest BCUT2D eigenvalue weighted by Gasteiger charge is 2.17. The molecule has 5 nitrogen and oxygen atoms in total. The second-order valence-electron chi connectivity index (χ2n) is 6.48. The van der Waals surface area contributed by atoms with Crippen LogP contribution in [0.5, 0.6) is 5.75 Å². The Hall–Kier alpha value is -2.48. The topological polar surface area (TPSA) is 74.1 Å². The van der Waals surface area contributed by atoms with Gasteiger partial charge in [0.15, 0.2) is 0 Å². The molecule has 0 saturated heterocycles. The second-order valence-corrected chi connectivity index (χ2v) is 6.48. The molecule has 0 aliphatic carbocycles. The van der Waals surface area contributed by atoms with Crippen LogP contribution in [0, 0.1) is 24.2 Å². The molecule has 0 heterocycles. The second kappa shape index (κ2) is 10.4. The zero-order chi connectivity index (χ0) is 18.8. The van der Waals surface area contributed by atoms with Gasteiger partial charge in [-0.2, -0.15) is 5.26 Å². The van der Waals surface area contributed by atoms with E-state index in [9.17, 15) is 10.1 Å². The lowest BCUT2D eigenvalue weighted by Gasteiger charge is -2.18. The summed E-state index contributed by atoms with van der Waals surface area (Å²) in [4.78, 5) is 12.4. The van der Waals surface area contributed by atoms with E-state index >= 15 is 0 Å². The molecule has 0 saturated carbocycles. The van der Waals surface area contributed by atoms with Crippen LogP contribution in [0.4, 0.5) is 0 Å². The molecule has 5 heteroatoms. The first-order valence-corrected chi connectivity index (χ1v) is 8.76. The summed E-state index contributed by atoms with van der Waals surface area (Å²) in [6.07, 6.45) is 2.47. The van der Waals surface area contributed by atoms with Crippen LogP contribution in [0.25, 0.3) is 0 Å². The van der Waals surface area contributed by atoms with E-state index in [2.05, 4.69) is 24.5 Å². The third-order valence-electron chi connectivity index (χ3n) is 3.76. The highest BCUT2D eigenvalue weighted by Crippen LogP contribution is 2.26. The van der Waals surface area contributed by atoms with Crippen LogP contribution in [0.3, 0.4) is 0 Å². The standard InChI is InChI=1S/C20H29N3O2/c1-6-25-19-8-7-15(4)11-18(19)16(5)23-20(24)17(12-21)13-22-10-9-14(2)3/h7-8,11,13-14,16,22H,6,9-10H2,1-5H3,(H,23,24)/b17-13-. The van der Waals surface area contributed by atoms with E-state index in [1.54, 1.807) is 0 Å². The summed E-state index contributed by atoms with van der Waals surface area (Å²) in [5.41, 5.74) is 2.06. The summed E-state index contributed by atoms with van der Waals surface area (Å²) in [6, 6.07) is 7.57. The Morgan fingerprint density at radius 2 is 2.08 bits per heavy atom. The Bertz CT molecular complexity index is 645. The molecule has 1 atom stereocenters. The summed E-state index contributed by atoms with van der Waals surface area (Å²) < 4.78 is 5.64. The van der Waals surface area contributed by atoms with Crippen LogP contribution in [-0.4, -0.2) is 19.1 Å². The first kappa shape index (κ1) is 20.6. The SMILES string of the molecule is CCOc1ccc(C)cc1C(C)NC(=O)/C(C#N)=C\NCCC(C)C. The number of nitrogens with one attached hydrogen (secondary N) is 2. The smallest absolute Gasteiger partial charge is 0.263 e. The predicted octanol–water partition coefficient (Wildman–Crippen LogP) is 3.61. The van der Waals surface area contributed by atoms with Gasteiger partial charge >= 0.3 is 0 Å². The molecule has 136 valence electrons. The largest absolute Gasteiger partial charge is 0.494 e. The number of aryl methyl sites for hydroxylation is 1. The van der Waals surface area contributed by atoms with Crippen molar-refractivity contribution in [2.24, 2.45) is 5.92 Å². The van der Waals surface area contributed by atoms with E-state index in [0.29, 0.717) is 12.5 Å².